The molecule has 0 radical (unpaired) electrons. The van der Waals surface area contributed by atoms with Gasteiger partial charge in [0.1, 0.15) is 5.69 Å². The van der Waals surface area contributed by atoms with E-state index in [1.54, 1.807) is 6.07 Å². The number of aryl methyl sites for hydroxylation is 1. The lowest BCUT2D eigenvalue weighted by Gasteiger charge is -2.30. The Hall–Kier alpha value is -1.10. The average Bonchev–Trinajstić information content (AvgIpc) is 2.38. The third kappa shape index (κ3) is 3.02. The number of aromatic nitrogens is 2. The van der Waals surface area contributed by atoms with Crippen molar-refractivity contribution in [2.75, 3.05) is 19.3 Å². The summed E-state index contributed by atoms with van der Waals surface area (Å²) in [5.74, 6) is 0.769. The zero-order chi connectivity index (χ0) is 13.1. The Balaban J connectivity index is 2.15. The van der Waals surface area contributed by atoms with E-state index in [9.17, 15) is 4.79 Å². The molecule has 4 nitrogen and oxygen atoms in total. The number of carbonyl (C=O) groups excluding carboxylic acids is 1. The van der Waals surface area contributed by atoms with Crippen molar-refractivity contribution in [3.05, 3.63) is 17.5 Å². The van der Waals surface area contributed by atoms with Gasteiger partial charge in [-0.25, -0.2) is 9.97 Å². The lowest BCUT2D eigenvalue weighted by atomic mass is 9.99. The maximum absolute atomic E-state index is 12.4. The average molecular weight is 265 g/mol. The molecule has 2 heterocycles. The van der Waals surface area contributed by atoms with E-state index >= 15 is 0 Å². The van der Waals surface area contributed by atoms with Gasteiger partial charge < -0.3 is 4.90 Å². The molecular weight excluding hydrogens is 246 g/mol. The predicted molar refractivity (Wildman–Crippen MR) is 72.9 cm³/mol. The Kier molecular flexibility index (Phi) is 4.22. The molecule has 98 valence electrons. The molecule has 1 amide bonds. The Morgan fingerprint density at radius 3 is 2.67 bits per heavy atom. The molecule has 1 saturated heterocycles. The zero-order valence-electron chi connectivity index (χ0n) is 11.1. The molecule has 0 aliphatic carbocycles. The molecule has 0 N–H and O–H groups in total. The highest BCUT2D eigenvalue weighted by atomic mass is 32.2. The summed E-state index contributed by atoms with van der Waals surface area (Å²) in [5.41, 5.74) is 1.38. The third-order valence-electron chi connectivity index (χ3n) is 3.31. The van der Waals surface area contributed by atoms with Gasteiger partial charge in [0, 0.05) is 18.8 Å². The number of likely N-dealkylation sites (tertiary alicyclic amines) is 1. The van der Waals surface area contributed by atoms with Gasteiger partial charge in [0.2, 0.25) is 0 Å². The molecule has 0 bridgehead atoms. The highest BCUT2D eigenvalue weighted by Crippen LogP contribution is 2.18. The molecule has 1 aliphatic rings. The van der Waals surface area contributed by atoms with Crippen LogP contribution in [-0.4, -0.2) is 40.1 Å². The van der Waals surface area contributed by atoms with E-state index in [2.05, 4.69) is 16.9 Å². The molecule has 1 aliphatic heterocycles. The molecule has 0 saturated carbocycles. The Morgan fingerprint density at radius 2 is 2.06 bits per heavy atom. The van der Waals surface area contributed by atoms with Gasteiger partial charge in [-0.05, 0) is 38.0 Å². The summed E-state index contributed by atoms with van der Waals surface area (Å²) < 4.78 is 0. The van der Waals surface area contributed by atoms with Crippen LogP contribution in [0, 0.1) is 12.8 Å². The second-order valence-electron chi connectivity index (χ2n) is 4.86. The molecule has 0 unspecified atom stereocenters. The van der Waals surface area contributed by atoms with Crippen LogP contribution >= 0.6 is 11.8 Å². The number of carbonyl (C=O) groups is 1. The zero-order valence-corrected chi connectivity index (χ0v) is 12.0. The second-order valence-corrected chi connectivity index (χ2v) is 5.63. The number of amides is 1. The van der Waals surface area contributed by atoms with Crippen LogP contribution in [0.2, 0.25) is 0 Å². The van der Waals surface area contributed by atoms with Crippen LogP contribution in [0.15, 0.2) is 11.2 Å². The van der Waals surface area contributed by atoms with Crippen molar-refractivity contribution in [1.29, 1.82) is 0 Å². The minimum Gasteiger partial charge on any atom is -0.337 e. The van der Waals surface area contributed by atoms with Crippen LogP contribution in [-0.2, 0) is 0 Å². The van der Waals surface area contributed by atoms with Crippen LogP contribution in [0.1, 0.15) is 35.9 Å². The number of nitrogens with zero attached hydrogens (tertiary/aromatic N) is 3. The molecule has 0 atom stereocenters. The van der Waals surface area contributed by atoms with Crippen molar-refractivity contribution in [3.8, 4) is 0 Å². The number of rotatable bonds is 2. The van der Waals surface area contributed by atoms with Gasteiger partial charge in [-0.3, -0.25) is 4.79 Å². The first-order valence-electron chi connectivity index (χ1n) is 6.29. The van der Waals surface area contributed by atoms with Gasteiger partial charge in [-0.1, -0.05) is 18.7 Å². The summed E-state index contributed by atoms with van der Waals surface area (Å²) in [6.45, 7) is 5.83. The first-order chi connectivity index (χ1) is 8.60. The lowest BCUT2D eigenvalue weighted by Crippen LogP contribution is -2.38. The largest absolute Gasteiger partial charge is 0.337 e. The summed E-state index contributed by atoms with van der Waals surface area (Å²) in [5, 5.41) is 0.670. The monoisotopic (exact) mass is 265 g/mol. The molecule has 0 aromatic carbocycles. The van der Waals surface area contributed by atoms with E-state index in [0.717, 1.165) is 37.5 Å². The van der Waals surface area contributed by atoms with Gasteiger partial charge in [0.15, 0.2) is 5.16 Å². The highest BCUT2D eigenvalue weighted by Gasteiger charge is 2.22. The van der Waals surface area contributed by atoms with Gasteiger partial charge in [-0.15, -0.1) is 0 Å². The fourth-order valence-corrected chi connectivity index (χ4v) is 2.54. The Bertz CT molecular complexity index is 442. The van der Waals surface area contributed by atoms with E-state index in [-0.39, 0.29) is 5.91 Å². The van der Waals surface area contributed by atoms with Gasteiger partial charge >= 0.3 is 0 Å². The highest BCUT2D eigenvalue weighted by molar-refractivity contribution is 7.98. The van der Waals surface area contributed by atoms with Crippen LogP contribution < -0.4 is 0 Å². The summed E-state index contributed by atoms with van der Waals surface area (Å²) in [6.07, 6.45) is 4.10. The van der Waals surface area contributed by atoms with E-state index in [1.165, 1.54) is 11.8 Å². The van der Waals surface area contributed by atoms with Crippen LogP contribution in [0.3, 0.4) is 0 Å². The standard InChI is InChI=1S/C13H19N3OS/c1-9-4-6-16(7-5-9)12(17)11-8-10(2)14-13(15-11)18-3/h8-9H,4-7H2,1-3H3. The summed E-state index contributed by atoms with van der Waals surface area (Å²) in [7, 11) is 0. The van der Waals surface area contributed by atoms with Crippen molar-refractivity contribution in [2.45, 2.75) is 31.8 Å². The molecule has 1 fully saturated rings. The SMILES string of the molecule is CSc1nc(C)cc(C(=O)N2CCC(C)CC2)n1. The summed E-state index contributed by atoms with van der Waals surface area (Å²) in [6, 6.07) is 1.78. The molecule has 1 aromatic rings. The summed E-state index contributed by atoms with van der Waals surface area (Å²) in [4.78, 5) is 22.8. The minimum atomic E-state index is 0.0442. The van der Waals surface area contributed by atoms with Crippen molar-refractivity contribution in [1.82, 2.24) is 14.9 Å². The first kappa shape index (κ1) is 13.3. The quantitative estimate of drug-likeness (QED) is 0.608. The molecule has 18 heavy (non-hydrogen) atoms. The van der Waals surface area contributed by atoms with Crippen LogP contribution in [0.5, 0.6) is 0 Å². The number of hydrogen-bond acceptors (Lipinski definition) is 4. The van der Waals surface area contributed by atoms with E-state index in [4.69, 9.17) is 0 Å². The predicted octanol–water partition coefficient (Wildman–Crippen LogP) is 2.38. The minimum absolute atomic E-state index is 0.0442. The smallest absolute Gasteiger partial charge is 0.272 e. The van der Waals surface area contributed by atoms with E-state index < -0.39 is 0 Å². The normalized spacial score (nSPS) is 16.9. The molecule has 0 spiro atoms. The maximum atomic E-state index is 12.4. The second kappa shape index (κ2) is 5.69. The van der Waals surface area contributed by atoms with Gasteiger partial charge in [0.05, 0.1) is 0 Å². The third-order valence-corrected chi connectivity index (χ3v) is 3.85. The van der Waals surface area contributed by atoms with Crippen molar-refractivity contribution in [3.63, 3.8) is 0 Å². The first-order valence-corrected chi connectivity index (χ1v) is 7.51. The fraction of sp³-hybridized carbons (Fsp3) is 0.615. The van der Waals surface area contributed by atoms with E-state index in [0.29, 0.717) is 10.9 Å². The number of hydrogen-bond donors (Lipinski definition) is 0. The van der Waals surface area contributed by atoms with Crippen molar-refractivity contribution in [2.24, 2.45) is 5.92 Å². The topological polar surface area (TPSA) is 46.1 Å². The van der Waals surface area contributed by atoms with Crippen LogP contribution in [0.4, 0.5) is 0 Å². The number of piperidine rings is 1. The number of thioether (sulfide) groups is 1. The fourth-order valence-electron chi connectivity index (χ4n) is 2.12. The Morgan fingerprint density at radius 1 is 1.39 bits per heavy atom. The molecule has 1 aromatic heterocycles. The molecule has 5 heteroatoms. The van der Waals surface area contributed by atoms with Crippen molar-refractivity contribution >= 4 is 17.7 Å². The Labute approximate surface area is 112 Å². The van der Waals surface area contributed by atoms with Crippen molar-refractivity contribution < 1.29 is 4.79 Å². The van der Waals surface area contributed by atoms with E-state index in [1.807, 2.05) is 18.1 Å². The molecule has 2 rings (SSSR count). The lowest BCUT2D eigenvalue weighted by molar-refractivity contribution is 0.0690. The van der Waals surface area contributed by atoms with Gasteiger partial charge in [-0.2, -0.15) is 0 Å². The molecular formula is C13H19N3OS. The van der Waals surface area contributed by atoms with Crippen LogP contribution in [0.25, 0.3) is 0 Å². The maximum Gasteiger partial charge on any atom is 0.272 e. The van der Waals surface area contributed by atoms with Gasteiger partial charge in [0.25, 0.3) is 5.91 Å². The summed E-state index contributed by atoms with van der Waals surface area (Å²) >= 11 is 1.47.